The summed E-state index contributed by atoms with van der Waals surface area (Å²) in [5, 5.41) is 11.7. The van der Waals surface area contributed by atoms with Gasteiger partial charge in [0, 0.05) is 5.38 Å². The van der Waals surface area contributed by atoms with Crippen LogP contribution in [0.2, 0.25) is 0 Å². The zero-order valence-corrected chi connectivity index (χ0v) is 13.5. The number of nitrogens with one attached hydrogen (secondary N) is 1. The van der Waals surface area contributed by atoms with Crippen LogP contribution >= 0.6 is 11.3 Å². The lowest BCUT2D eigenvalue weighted by molar-refractivity contribution is 0.579. The molecular formula is C14H13FN4O2S2. The Labute approximate surface area is 136 Å². The molecule has 0 unspecified atom stereocenters. The highest BCUT2D eigenvalue weighted by atomic mass is 32.2. The minimum absolute atomic E-state index is 0.0493. The number of benzene rings is 1. The van der Waals surface area contributed by atoms with Crippen LogP contribution < -0.4 is 4.72 Å². The smallest absolute Gasteiger partial charge is 0.216 e. The van der Waals surface area contributed by atoms with Crippen molar-refractivity contribution in [2.24, 2.45) is 0 Å². The third-order valence-electron chi connectivity index (χ3n) is 3.05. The molecule has 120 valence electrons. The van der Waals surface area contributed by atoms with E-state index < -0.39 is 15.8 Å². The van der Waals surface area contributed by atoms with E-state index >= 15 is 0 Å². The Hall–Kier alpha value is -2.10. The second kappa shape index (κ2) is 6.57. The molecule has 0 aliphatic rings. The van der Waals surface area contributed by atoms with Gasteiger partial charge in [-0.1, -0.05) is 17.3 Å². The molecule has 23 heavy (non-hydrogen) atoms. The van der Waals surface area contributed by atoms with Gasteiger partial charge in [0.05, 0.1) is 29.9 Å². The average molecular weight is 352 g/mol. The highest BCUT2D eigenvalue weighted by Crippen LogP contribution is 2.11. The van der Waals surface area contributed by atoms with Gasteiger partial charge >= 0.3 is 0 Å². The van der Waals surface area contributed by atoms with Crippen molar-refractivity contribution in [3.8, 4) is 5.69 Å². The Balaban J connectivity index is 1.62. The molecule has 0 spiro atoms. The van der Waals surface area contributed by atoms with Crippen molar-refractivity contribution in [2.75, 3.05) is 0 Å². The topological polar surface area (TPSA) is 76.9 Å². The number of thiophene rings is 1. The quantitative estimate of drug-likeness (QED) is 0.737. The molecule has 0 bridgehead atoms. The molecule has 9 heteroatoms. The van der Waals surface area contributed by atoms with Gasteiger partial charge in [-0.05, 0) is 29.1 Å². The van der Waals surface area contributed by atoms with Crippen LogP contribution in [-0.2, 0) is 22.3 Å². The van der Waals surface area contributed by atoms with Gasteiger partial charge in [0.2, 0.25) is 10.0 Å². The van der Waals surface area contributed by atoms with Crippen molar-refractivity contribution in [1.29, 1.82) is 0 Å². The summed E-state index contributed by atoms with van der Waals surface area (Å²) in [5.74, 6) is -0.615. The Morgan fingerprint density at radius 1 is 1.22 bits per heavy atom. The van der Waals surface area contributed by atoms with Gasteiger partial charge < -0.3 is 0 Å². The van der Waals surface area contributed by atoms with E-state index in [1.807, 2.05) is 16.8 Å². The Kier molecular flexibility index (Phi) is 4.51. The van der Waals surface area contributed by atoms with E-state index in [0.717, 1.165) is 5.69 Å². The number of hydrogen-bond donors (Lipinski definition) is 1. The lowest BCUT2D eigenvalue weighted by atomic mass is 10.2. The maximum atomic E-state index is 12.8. The molecule has 0 fully saturated rings. The van der Waals surface area contributed by atoms with Crippen LogP contribution in [0.5, 0.6) is 0 Å². The lowest BCUT2D eigenvalue weighted by Gasteiger charge is -2.05. The Bertz CT molecular complexity index is 874. The maximum absolute atomic E-state index is 12.8. The van der Waals surface area contributed by atoms with E-state index in [4.69, 9.17) is 0 Å². The molecule has 0 atom stereocenters. The van der Waals surface area contributed by atoms with Gasteiger partial charge in [0.1, 0.15) is 5.82 Å². The minimum Gasteiger partial charge on any atom is -0.220 e. The van der Waals surface area contributed by atoms with Crippen LogP contribution in [0.15, 0.2) is 47.3 Å². The van der Waals surface area contributed by atoms with Crippen LogP contribution in [0, 0.1) is 5.82 Å². The second-order valence-electron chi connectivity index (χ2n) is 4.84. The summed E-state index contributed by atoms with van der Waals surface area (Å²) in [6.45, 7) is 0.0493. The fourth-order valence-electron chi connectivity index (χ4n) is 1.93. The first-order valence-electron chi connectivity index (χ1n) is 6.67. The number of rotatable bonds is 6. The zero-order chi connectivity index (χ0) is 16.3. The molecule has 0 saturated heterocycles. The van der Waals surface area contributed by atoms with Gasteiger partial charge in [-0.25, -0.2) is 22.2 Å². The van der Waals surface area contributed by atoms with Crippen molar-refractivity contribution < 1.29 is 12.8 Å². The Morgan fingerprint density at radius 3 is 2.70 bits per heavy atom. The third-order valence-corrected chi connectivity index (χ3v) is 5.02. The first-order chi connectivity index (χ1) is 11.0. The van der Waals surface area contributed by atoms with Gasteiger partial charge in [0.25, 0.3) is 0 Å². The van der Waals surface area contributed by atoms with Crippen LogP contribution in [0.1, 0.15) is 11.3 Å². The molecule has 6 nitrogen and oxygen atoms in total. The summed E-state index contributed by atoms with van der Waals surface area (Å²) in [4.78, 5) is 0. The molecule has 2 aromatic heterocycles. The van der Waals surface area contributed by atoms with E-state index in [9.17, 15) is 12.8 Å². The summed E-state index contributed by atoms with van der Waals surface area (Å²) in [6.07, 6.45) is 1.67. The fourth-order valence-corrected chi connectivity index (χ4v) is 3.65. The number of aromatic nitrogens is 3. The van der Waals surface area contributed by atoms with Crippen LogP contribution in [0.25, 0.3) is 5.69 Å². The second-order valence-corrected chi connectivity index (χ2v) is 7.43. The van der Waals surface area contributed by atoms with E-state index in [1.165, 1.54) is 35.6 Å². The summed E-state index contributed by atoms with van der Waals surface area (Å²) in [7, 11) is -3.54. The van der Waals surface area contributed by atoms with Gasteiger partial charge in [-0.3, -0.25) is 0 Å². The van der Waals surface area contributed by atoms with E-state index in [2.05, 4.69) is 15.0 Å². The van der Waals surface area contributed by atoms with Crippen molar-refractivity contribution in [3.05, 3.63) is 64.4 Å². The fraction of sp³-hybridized carbons (Fsp3) is 0.143. The zero-order valence-electron chi connectivity index (χ0n) is 11.9. The molecular weight excluding hydrogens is 339 g/mol. The molecule has 3 aromatic rings. The molecule has 2 heterocycles. The monoisotopic (exact) mass is 352 g/mol. The molecule has 3 rings (SSSR count). The summed E-state index contributed by atoms with van der Waals surface area (Å²) in [5.41, 5.74) is 1.91. The maximum Gasteiger partial charge on any atom is 0.216 e. The highest BCUT2D eigenvalue weighted by molar-refractivity contribution is 7.88. The van der Waals surface area contributed by atoms with Crippen molar-refractivity contribution in [2.45, 2.75) is 12.3 Å². The summed E-state index contributed by atoms with van der Waals surface area (Å²) in [6, 6.07) is 7.25. The van der Waals surface area contributed by atoms with Gasteiger partial charge in [-0.2, -0.15) is 11.3 Å². The van der Waals surface area contributed by atoms with E-state index in [-0.39, 0.29) is 12.3 Å². The standard InChI is InChI=1S/C14H13FN4O2S2/c15-12-3-1-11(2-4-12)10-23(20,21)16-7-13-8-19(18-17-13)14-5-6-22-9-14/h1-6,8-9,16H,7,10H2. The average Bonchev–Trinajstić information content (AvgIpc) is 3.18. The molecule has 1 aromatic carbocycles. The minimum atomic E-state index is -3.54. The van der Waals surface area contributed by atoms with Crippen LogP contribution in [0.3, 0.4) is 0 Å². The van der Waals surface area contributed by atoms with E-state index in [0.29, 0.717) is 11.3 Å². The predicted octanol–water partition coefficient (Wildman–Crippen LogP) is 2.09. The number of halogens is 1. The SMILES string of the molecule is O=S(=O)(Cc1ccc(F)cc1)NCc1cn(-c2ccsc2)nn1. The molecule has 0 aliphatic carbocycles. The summed E-state index contributed by atoms with van der Waals surface area (Å²) < 4.78 is 40.9. The Morgan fingerprint density at radius 2 is 2.00 bits per heavy atom. The first-order valence-corrected chi connectivity index (χ1v) is 9.27. The van der Waals surface area contributed by atoms with Crippen LogP contribution in [-0.4, -0.2) is 23.4 Å². The molecule has 0 amide bonds. The number of hydrogen-bond acceptors (Lipinski definition) is 5. The van der Waals surface area contributed by atoms with Crippen molar-refractivity contribution in [1.82, 2.24) is 19.7 Å². The van der Waals surface area contributed by atoms with Crippen LogP contribution in [0.4, 0.5) is 4.39 Å². The molecule has 1 N–H and O–H groups in total. The van der Waals surface area contributed by atoms with Gasteiger partial charge in [0.15, 0.2) is 0 Å². The predicted molar refractivity (Wildman–Crippen MR) is 85.1 cm³/mol. The lowest BCUT2D eigenvalue weighted by Crippen LogP contribution is -2.24. The number of sulfonamides is 1. The third kappa shape index (κ3) is 4.21. The normalized spacial score (nSPS) is 11.7. The highest BCUT2D eigenvalue weighted by Gasteiger charge is 2.13. The first kappa shape index (κ1) is 15.8. The van der Waals surface area contributed by atoms with Crippen molar-refractivity contribution >= 4 is 21.4 Å². The van der Waals surface area contributed by atoms with Crippen molar-refractivity contribution in [3.63, 3.8) is 0 Å². The van der Waals surface area contributed by atoms with Gasteiger partial charge in [-0.15, -0.1) is 5.10 Å². The molecule has 0 radical (unpaired) electrons. The molecule has 0 aliphatic heterocycles. The largest absolute Gasteiger partial charge is 0.220 e. The number of nitrogens with zero attached hydrogens (tertiary/aromatic N) is 3. The van der Waals surface area contributed by atoms with E-state index in [1.54, 1.807) is 10.9 Å². The summed E-state index contributed by atoms with van der Waals surface area (Å²) >= 11 is 1.54. The molecule has 0 saturated carbocycles.